The van der Waals surface area contributed by atoms with Crippen LogP contribution >= 0.6 is 27.3 Å². The average molecular weight is 353 g/mol. The van der Waals surface area contributed by atoms with Gasteiger partial charge in [-0.05, 0) is 52.9 Å². The molecule has 0 aliphatic heterocycles. The Balaban J connectivity index is 1.86. The first kappa shape index (κ1) is 13.6. The van der Waals surface area contributed by atoms with Gasteiger partial charge in [0.1, 0.15) is 11.4 Å². The zero-order chi connectivity index (χ0) is 14.1. The monoisotopic (exact) mass is 352 g/mol. The van der Waals surface area contributed by atoms with E-state index in [0.717, 1.165) is 39.9 Å². The number of pyridine rings is 1. The second-order valence-corrected chi connectivity index (χ2v) is 6.65. The summed E-state index contributed by atoms with van der Waals surface area (Å²) in [6.07, 6.45) is 2.93. The largest absolute Gasteiger partial charge is 0.478 e. The molecule has 4 nitrogen and oxygen atoms in total. The number of rotatable bonds is 4. The first-order valence-electron chi connectivity index (χ1n) is 6.36. The van der Waals surface area contributed by atoms with E-state index >= 15 is 0 Å². The number of thiophene rings is 1. The van der Waals surface area contributed by atoms with Gasteiger partial charge in [0.05, 0.1) is 6.54 Å². The van der Waals surface area contributed by atoms with E-state index in [4.69, 9.17) is 0 Å². The number of fused-ring (bicyclic) bond motifs is 1. The Bertz CT molecular complexity index is 669. The summed E-state index contributed by atoms with van der Waals surface area (Å²) in [5, 5.41) is 14.5. The third-order valence-electron chi connectivity index (χ3n) is 3.33. The standard InChI is InChI=1S/C14H13BrN2O2S/c15-9-5-10(20-7-9)6-16-13-11(14(18)19)4-8-2-1-3-12(8)17-13/h4-5,7H,1-3,6H2,(H,16,17)(H,18,19). The molecule has 20 heavy (non-hydrogen) atoms. The first-order chi connectivity index (χ1) is 9.63. The van der Waals surface area contributed by atoms with Crippen molar-refractivity contribution in [1.82, 2.24) is 4.98 Å². The third-order valence-corrected chi connectivity index (χ3v) is 5.03. The van der Waals surface area contributed by atoms with Crippen LogP contribution in [0.4, 0.5) is 5.82 Å². The molecule has 0 aromatic carbocycles. The molecule has 0 bridgehead atoms. The van der Waals surface area contributed by atoms with Crippen LogP contribution in [0.1, 0.15) is 32.9 Å². The van der Waals surface area contributed by atoms with Crippen molar-refractivity contribution in [3.05, 3.63) is 43.7 Å². The minimum absolute atomic E-state index is 0.265. The molecule has 104 valence electrons. The van der Waals surface area contributed by atoms with Crippen molar-refractivity contribution in [2.24, 2.45) is 0 Å². The number of carboxylic acids is 1. The van der Waals surface area contributed by atoms with E-state index in [1.54, 1.807) is 17.4 Å². The maximum Gasteiger partial charge on any atom is 0.339 e. The molecule has 0 fully saturated rings. The number of hydrogen-bond donors (Lipinski definition) is 2. The molecule has 2 aromatic heterocycles. The Morgan fingerprint density at radius 1 is 1.45 bits per heavy atom. The third kappa shape index (κ3) is 2.71. The fourth-order valence-corrected chi connectivity index (χ4v) is 3.78. The molecule has 0 spiro atoms. The number of halogens is 1. The minimum Gasteiger partial charge on any atom is -0.478 e. The number of aromatic nitrogens is 1. The average Bonchev–Trinajstić information content (AvgIpc) is 3.03. The highest BCUT2D eigenvalue weighted by Gasteiger charge is 2.19. The molecule has 3 rings (SSSR count). The molecule has 0 saturated heterocycles. The van der Waals surface area contributed by atoms with Crippen LogP contribution in [0.25, 0.3) is 0 Å². The molecular formula is C14H13BrN2O2S. The molecule has 0 atom stereocenters. The number of hydrogen-bond acceptors (Lipinski definition) is 4. The predicted molar refractivity (Wildman–Crippen MR) is 82.6 cm³/mol. The Labute approximate surface area is 129 Å². The number of anilines is 1. The van der Waals surface area contributed by atoms with Crippen molar-refractivity contribution in [2.75, 3.05) is 5.32 Å². The first-order valence-corrected chi connectivity index (χ1v) is 8.03. The topological polar surface area (TPSA) is 62.2 Å². The summed E-state index contributed by atoms with van der Waals surface area (Å²) >= 11 is 5.03. The summed E-state index contributed by atoms with van der Waals surface area (Å²) in [6, 6.07) is 3.79. The van der Waals surface area contributed by atoms with E-state index in [9.17, 15) is 9.90 Å². The van der Waals surface area contributed by atoms with Crippen molar-refractivity contribution >= 4 is 39.1 Å². The number of aryl methyl sites for hydroxylation is 2. The summed E-state index contributed by atoms with van der Waals surface area (Å²) in [5.41, 5.74) is 2.37. The van der Waals surface area contributed by atoms with E-state index in [1.165, 1.54) is 0 Å². The molecule has 0 radical (unpaired) electrons. The molecule has 0 unspecified atom stereocenters. The number of nitrogens with one attached hydrogen (secondary N) is 1. The molecule has 6 heteroatoms. The van der Waals surface area contributed by atoms with E-state index in [-0.39, 0.29) is 5.56 Å². The van der Waals surface area contributed by atoms with Gasteiger partial charge >= 0.3 is 5.97 Å². The van der Waals surface area contributed by atoms with Crippen LogP contribution in [-0.4, -0.2) is 16.1 Å². The van der Waals surface area contributed by atoms with Gasteiger partial charge in [-0.2, -0.15) is 0 Å². The van der Waals surface area contributed by atoms with Gasteiger partial charge < -0.3 is 10.4 Å². The van der Waals surface area contributed by atoms with Crippen LogP contribution < -0.4 is 5.32 Å². The van der Waals surface area contributed by atoms with Crippen molar-refractivity contribution in [3.63, 3.8) is 0 Å². The van der Waals surface area contributed by atoms with Crippen LogP contribution in [0, 0.1) is 0 Å². The fourth-order valence-electron chi connectivity index (χ4n) is 2.39. The predicted octanol–water partition coefficient (Wildman–Crippen LogP) is 3.70. The second kappa shape index (κ2) is 5.54. The maximum atomic E-state index is 11.4. The van der Waals surface area contributed by atoms with Crippen molar-refractivity contribution in [2.45, 2.75) is 25.8 Å². The molecule has 2 N–H and O–H groups in total. The van der Waals surface area contributed by atoms with Crippen LogP contribution in [0.3, 0.4) is 0 Å². The highest BCUT2D eigenvalue weighted by Crippen LogP contribution is 2.26. The lowest BCUT2D eigenvalue weighted by molar-refractivity contribution is 0.0697. The SMILES string of the molecule is O=C(O)c1cc2c(nc1NCc1cc(Br)cs1)CCC2. The second-order valence-electron chi connectivity index (χ2n) is 4.73. The van der Waals surface area contributed by atoms with E-state index < -0.39 is 5.97 Å². The van der Waals surface area contributed by atoms with Gasteiger partial charge in [-0.1, -0.05) is 0 Å². The number of carbonyl (C=O) groups is 1. The highest BCUT2D eigenvalue weighted by atomic mass is 79.9. The summed E-state index contributed by atoms with van der Waals surface area (Å²) in [4.78, 5) is 17.0. The smallest absolute Gasteiger partial charge is 0.339 e. The van der Waals surface area contributed by atoms with Gasteiger partial charge in [-0.15, -0.1) is 11.3 Å². The number of carboxylic acid groups (broad SMARTS) is 1. The Morgan fingerprint density at radius 3 is 3.00 bits per heavy atom. The van der Waals surface area contributed by atoms with Crippen LogP contribution in [0.15, 0.2) is 22.0 Å². The molecule has 1 aliphatic rings. The van der Waals surface area contributed by atoms with Crippen LogP contribution in [0.2, 0.25) is 0 Å². The Morgan fingerprint density at radius 2 is 2.30 bits per heavy atom. The van der Waals surface area contributed by atoms with Gasteiger partial charge in [0.2, 0.25) is 0 Å². The zero-order valence-corrected chi connectivity index (χ0v) is 13.1. The van der Waals surface area contributed by atoms with Gasteiger partial charge in [0.25, 0.3) is 0 Å². The summed E-state index contributed by atoms with van der Waals surface area (Å²) in [5.74, 6) is -0.454. The lowest BCUT2D eigenvalue weighted by atomic mass is 10.1. The number of aromatic carboxylic acids is 1. The van der Waals surface area contributed by atoms with E-state index in [1.807, 2.05) is 11.4 Å². The lowest BCUT2D eigenvalue weighted by Gasteiger charge is -2.10. The van der Waals surface area contributed by atoms with Gasteiger partial charge in [0.15, 0.2) is 0 Å². The Kier molecular flexibility index (Phi) is 3.76. The van der Waals surface area contributed by atoms with Crippen molar-refractivity contribution in [1.29, 1.82) is 0 Å². The zero-order valence-electron chi connectivity index (χ0n) is 10.6. The van der Waals surface area contributed by atoms with Crippen LogP contribution in [0.5, 0.6) is 0 Å². The molecule has 1 aliphatic carbocycles. The maximum absolute atomic E-state index is 11.4. The highest BCUT2D eigenvalue weighted by molar-refractivity contribution is 9.10. The quantitative estimate of drug-likeness (QED) is 0.880. The van der Waals surface area contributed by atoms with Crippen molar-refractivity contribution in [3.8, 4) is 0 Å². The van der Waals surface area contributed by atoms with E-state index in [0.29, 0.717) is 12.4 Å². The molecule has 2 aromatic rings. The van der Waals surface area contributed by atoms with Crippen molar-refractivity contribution < 1.29 is 9.90 Å². The normalized spacial score (nSPS) is 13.2. The fraction of sp³-hybridized carbons (Fsp3) is 0.286. The molecule has 0 saturated carbocycles. The van der Waals surface area contributed by atoms with Gasteiger partial charge in [-0.25, -0.2) is 9.78 Å². The molecule has 2 heterocycles. The molecule has 0 amide bonds. The van der Waals surface area contributed by atoms with Gasteiger partial charge in [0, 0.05) is 20.4 Å². The summed E-state index contributed by atoms with van der Waals surface area (Å²) in [7, 11) is 0. The number of nitrogens with zero attached hydrogens (tertiary/aromatic N) is 1. The summed E-state index contributed by atoms with van der Waals surface area (Å²) < 4.78 is 1.04. The molecular weight excluding hydrogens is 340 g/mol. The minimum atomic E-state index is -0.929. The summed E-state index contributed by atoms with van der Waals surface area (Å²) in [6.45, 7) is 0.586. The Hall–Kier alpha value is -1.40. The van der Waals surface area contributed by atoms with E-state index in [2.05, 4.69) is 26.2 Å². The van der Waals surface area contributed by atoms with Crippen LogP contribution in [-0.2, 0) is 19.4 Å². The lowest BCUT2D eigenvalue weighted by Crippen LogP contribution is -2.10. The van der Waals surface area contributed by atoms with Gasteiger partial charge in [-0.3, -0.25) is 0 Å².